The van der Waals surface area contributed by atoms with E-state index in [1.807, 2.05) is 20.0 Å². The second-order valence-corrected chi connectivity index (χ2v) is 7.73. The standard InChI is InChI=1S/C22H29N7O2/c1-5-17-16(3)27-31-21(17)18-13-25-22(26-20(18)19-14-23-15(2)12-24-19)29-8-6-28(7-9-29)10-11-30-4/h12-14H,5-11H2,1-4H3. The molecule has 1 aliphatic rings. The molecule has 0 amide bonds. The van der Waals surface area contributed by atoms with Gasteiger partial charge in [-0.3, -0.25) is 14.9 Å². The van der Waals surface area contributed by atoms with E-state index in [9.17, 15) is 0 Å². The summed E-state index contributed by atoms with van der Waals surface area (Å²) >= 11 is 0. The van der Waals surface area contributed by atoms with E-state index >= 15 is 0 Å². The number of nitrogens with zero attached hydrogens (tertiary/aromatic N) is 7. The fraction of sp³-hybridized carbons (Fsp3) is 0.500. The second-order valence-electron chi connectivity index (χ2n) is 7.73. The number of aryl methyl sites for hydroxylation is 2. The Hall–Kier alpha value is -2.91. The Labute approximate surface area is 182 Å². The molecule has 0 bridgehead atoms. The summed E-state index contributed by atoms with van der Waals surface area (Å²) in [4.78, 5) is 23.2. The molecule has 1 fully saturated rings. The number of aromatic nitrogens is 5. The molecule has 0 atom stereocenters. The molecular weight excluding hydrogens is 394 g/mol. The van der Waals surface area contributed by atoms with Crippen molar-refractivity contribution in [2.75, 3.05) is 51.3 Å². The van der Waals surface area contributed by atoms with E-state index in [1.165, 1.54) is 0 Å². The number of anilines is 1. The highest BCUT2D eigenvalue weighted by molar-refractivity contribution is 5.78. The van der Waals surface area contributed by atoms with Crippen LogP contribution in [0, 0.1) is 13.8 Å². The summed E-state index contributed by atoms with van der Waals surface area (Å²) in [6.07, 6.45) is 6.15. The third kappa shape index (κ3) is 4.57. The molecule has 0 aromatic carbocycles. The third-order valence-electron chi connectivity index (χ3n) is 5.65. The molecule has 1 saturated heterocycles. The van der Waals surface area contributed by atoms with Crippen LogP contribution in [0.2, 0.25) is 0 Å². The van der Waals surface area contributed by atoms with Crippen molar-refractivity contribution in [3.8, 4) is 22.7 Å². The summed E-state index contributed by atoms with van der Waals surface area (Å²) in [5.74, 6) is 1.40. The lowest BCUT2D eigenvalue weighted by Gasteiger charge is -2.34. The number of piperazine rings is 1. The van der Waals surface area contributed by atoms with Gasteiger partial charge in [0, 0.05) is 57.8 Å². The molecule has 4 rings (SSSR count). The van der Waals surface area contributed by atoms with Gasteiger partial charge in [0.1, 0.15) is 11.4 Å². The van der Waals surface area contributed by atoms with Gasteiger partial charge in [0.15, 0.2) is 5.76 Å². The fourth-order valence-corrected chi connectivity index (χ4v) is 3.81. The smallest absolute Gasteiger partial charge is 0.226 e. The molecule has 0 saturated carbocycles. The number of hydrogen-bond acceptors (Lipinski definition) is 9. The molecule has 1 aliphatic heterocycles. The zero-order valence-electron chi connectivity index (χ0n) is 18.6. The Morgan fingerprint density at radius 3 is 2.52 bits per heavy atom. The molecular formula is C22H29N7O2. The molecule has 9 heteroatoms. The van der Waals surface area contributed by atoms with Crippen molar-refractivity contribution in [1.82, 2.24) is 30.0 Å². The molecule has 0 spiro atoms. The van der Waals surface area contributed by atoms with Crippen LogP contribution < -0.4 is 4.90 Å². The topological polar surface area (TPSA) is 93.3 Å². The normalized spacial score (nSPS) is 14.9. The monoisotopic (exact) mass is 423 g/mol. The lowest BCUT2D eigenvalue weighted by molar-refractivity contribution is 0.143. The first-order chi connectivity index (χ1) is 15.1. The quantitative estimate of drug-likeness (QED) is 0.568. The SMILES string of the molecule is CCc1c(C)noc1-c1cnc(N2CCN(CCOC)CC2)nc1-c1cnc(C)cn1. The van der Waals surface area contributed by atoms with Crippen LogP contribution in [0.5, 0.6) is 0 Å². The van der Waals surface area contributed by atoms with Crippen LogP contribution in [0.1, 0.15) is 23.9 Å². The van der Waals surface area contributed by atoms with Gasteiger partial charge >= 0.3 is 0 Å². The Morgan fingerprint density at radius 1 is 1.03 bits per heavy atom. The third-order valence-corrected chi connectivity index (χ3v) is 5.65. The van der Waals surface area contributed by atoms with E-state index in [0.29, 0.717) is 23.1 Å². The van der Waals surface area contributed by atoms with E-state index in [2.05, 4.69) is 36.8 Å². The van der Waals surface area contributed by atoms with Crippen molar-refractivity contribution in [2.24, 2.45) is 0 Å². The van der Waals surface area contributed by atoms with Gasteiger partial charge in [-0.05, 0) is 20.3 Å². The molecule has 9 nitrogen and oxygen atoms in total. The molecule has 3 aromatic heterocycles. The van der Waals surface area contributed by atoms with Crippen LogP contribution in [0.4, 0.5) is 5.95 Å². The maximum atomic E-state index is 5.68. The lowest BCUT2D eigenvalue weighted by atomic mass is 10.0. The van der Waals surface area contributed by atoms with Gasteiger partial charge in [0.2, 0.25) is 5.95 Å². The van der Waals surface area contributed by atoms with Crippen LogP contribution in [-0.2, 0) is 11.2 Å². The Kier molecular flexibility index (Phi) is 6.53. The highest BCUT2D eigenvalue weighted by Gasteiger charge is 2.24. The minimum Gasteiger partial charge on any atom is -0.383 e. The highest BCUT2D eigenvalue weighted by atomic mass is 16.5. The molecule has 3 aromatic rings. The van der Waals surface area contributed by atoms with Crippen LogP contribution in [0.3, 0.4) is 0 Å². The molecule has 0 aliphatic carbocycles. The summed E-state index contributed by atoms with van der Waals surface area (Å²) in [5.41, 5.74) is 5.00. The first kappa shape index (κ1) is 21.3. The predicted molar refractivity (Wildman–Crippen MR) is 118 cm³/mol. The highest BCUT2D eigenvalue weighted by Crippen LogP contribution is 2.34. The largest absolute Gasteiger partial charge is 0.383 e. The molecule has 0 unspecified atom stereocenters. The predicted octanol–water partition coefficient (Wildman–Crippen LogP) is 2.54. The van der Waals surface area contributed by atoms with Gasteiger partial charge in [0.05, 0.1) is 29.8 Å². The van der Waals surface area contributed by atoms with Crippen molar-refractivity contribution in [1.29, 1.82) is 0 Å². The summed E-state index contributed by atoms with van der Waals surface area (Å²) in [6, 6.07) is 0. The molecule has 0 N–H and O–H groups in total. The van der Waals surface area contributed by atoms with Gasteiger partial charge in [-0.1, -0.05) is 12.1 Å². The van der Waals surface area contributed by atoms with E-state index < -0.39 is 0 Å². The number of rotatable bonds is 7. The summed E-state index contributed by atoms with van der Waals surface area (Å²) in [5, 5.41) is 4.17. The Bertz CT molecular complexity index is 1010. The van der Waals surface area contributed by atoms with Crippen molar-refractivity contribution >= 4 is 5.95 Å². The maximum absolute atomic E-state index is 5.68. The van der Waals surface area contributed by atoms with Crippen LogP contribution >= 0.6 is 0 Å². The van der Waals surface area contributed by atoms with Crippen molar-refractivity contribution in [2.45, 2.75) is 27.2 Å². The Morgan fingerprint density at radius 2 is 1.84 bits per heavy atom. The minimum atomic E-state index is 0.694. The first-order valence-corrected chi connectivity index (χ1v) is 10.7. The van der Waals surface area contributed by atoms with E-state index in [-0.39, 0.29) is 0 Å². The zero-order chi connectivity index (χ0) is 21.8. The van der Waals surface area contributed by atoms with Crippen molar-refractivity contribution < 1.29 is 9.26 Å². The van der Waals surface area contributed by atoms with Gasteiger partial charge in [-0.25, -0.2) is 9.97 Å². The molecule has 0 radical (unpaired) electrons. The first-order valence-electron chi connectivity index (χ1n) is 10.7. The summed E-state index contributed by atoms with van der Waals surface area (Å²) in [7, 11) is 1.74. The minimum absolute atomic E-state index is 0.694. The van der Waals surface area contributed by atoms with E-state index in [1.54, 1.807) is 19.5 Å². The van der Waals surface area contributed by atoms with Crippen molar-refractivity contribution in [3.63, 3.8) is 0 Å². The van der Waals surface area contributed by atoms with E-state index in [0.717, 1.165) is 68.3 Å². The number of methoxy groups -OCH3 is 1. The summed E-state index contributed by atoms with van der Waals surface area (Å²) in [6.45, 7) is 11.3. The fourth-order valence-electron chi connectivity index (χ4n) is 3.81. The lowest BCUT2D eigenvalue weighted by Crippen LogP contribution is -2.47. The van der Waals surface area contributed by atoms with Crippen LogP contribution in [0.25, 0.3) is 22.7 Å². The van der Waals surface area contributed by atoms with Gasteiger partial charge in [-0.2, -0.15) is 0 Å². The maximum Gasteiger partial charge on any atom is 0.226 e. The zero-order valence-corrected chi connectivity index (χ0v) is 18.6. The van der Waals surface area contributed by atoms with Gasteiger partial charge < -0.3 is 14.2 Å². The van der Waals surface area contributed by atoms with Crippen molar-refractivity contribution in [3.05, 3.63) is 35.5 Å². The average Bonchev–Trinajstić information content (AvgIpc) is 3.18. The van der Waals surface area contributed by atoms with Gasteiger partial charge in [-0.15, -0.1) is 0 Å². The van der Waals surface area contributed by atoms with E-state index in [4.69, 9.17) is 14.2 Å². The van der Waals surface area contributed by atoms with Gasteiger partial charge in [0.25, 0.3) is 0 Å². The Balaban J connectivity index is 1.68. The number of ether oxygens (including phenoxy) is 1. The molecule has 164 valence electrons. The van der Waals surface area contributed by atoms with Crippen LogP contribution in [-0.4, -0.2) is 76.4 Å². The average molecular weight is 424 g/mol. The number of hydrogen-bond donors (Lipinski definition) is 0. The summed E-state index contributed by atoms with van der Waals surface area (Å²) < 4.78 is 10.9. The second kappa shape index (κ2) is 9.49. The molecule has 4 heterocycles. The van der Waals surface area contributed by atoms with Crippen LogP contribution in [0.15, 0.2) is 23.1 Å². The molecule has 31 heavy (non-hydrogen) atoms.